The summed E-state index contributed by atoms with van der Waals surface area (Å²) in [5, 5.41) is 5.27. The van der Waals surface area contributed by atoms with Gasteiger partial charge in [-0.3, -0.25) is 0 Å². The van der Waals surface area contributed by atoms with E-state index in [1.165, 1.54) is 6.42 Å². The van der Waals surface area contributed by atoms with Crippen molar-refractivity contribution in [2.24, 2.45) is 0 Å². The van der Waals surface area contributed by atoms with Gasteiger partial charge in [-0.15, -0.1) is 0 Å². The number of hydrogen-bond donors (Lipinski definition) is 1. The maximum absolute atomic E-state index is 6.08. The molecule has 0 aromatic carbocycles. The molecular weight excluding hydrogens is 299 g/mol. The second-order valence-corrected chi connectivity index (χ2v) is 6.41. The molecule has 1 heterocycles. The summed E-state index contributed by atoms with van der Waals surface area (Å²) < 4.78 is 0. The highest BCUT2D eigenvalue weighted by molar-refractivity contribution is 7.99. The number of rotatable bonds is 3. The number of nitrogens with one attached hydrogen (secondary N) is 1. The van der Waals surface area contributed by atoms with E-state index < -0.39 is 0 Å². The fraction of sp³-hybridized carbons (Fsp3) is 0.545. The van der Waals surface area contributed by atoms with Crippen LogP contribution in [0.15, 0.2) is 6.07 Å². The first-order chi connectivity index (χ1) is 8.10. The second kappa shape index (κ2) is 5.87. The minimum Gasteiger partial charge on any atom is -0.366 e. The van der Waals surface area contributed by atoms with Gasteiger partial charge < -0.3 is 5.32 Å². The van der Waals surface area contributed by atoms with Crippen LogP contribution < -0.4 is 5.32 Å². The third-order valence-corrected chi connectivity index (χ3v) is 5.00. The van der Waals surface area contributed by atoms with Crippen LogP contribution in [0.4, 0.5) is 5.82 Å². The lowest BCUT2D eigenvalue weighted by molar-refractivity contribution is 0.752. The minimum absolute atomic E-state index is 0.290. The van der Waals surface area contributed by atoms with Crippen molar-refractivity contribution in [3.05, 3.63) is 21.3 Å². The second-order valence-electron chi connectivity index (χ2n) is 4.10. The van der Waals surface area contributed by atoms with Crippen LogP contribution in [0.25, 0.3) is 0 Å². The van der Waals surface area contributed by atoms with Gasteiger partial charge in [0.2, 0.25) is 0 Å². The Balaban J connectivity index is 2.06. The normalized spacial score (nSPS) is 24.0. The molecule has 0 saturated heterocycles. The van der Waals surface area contributed by atoms with Gasteiger partial charge in [0, 0.05) is 11.3 Å². The Hall–Kier alpha value is 0.170. The quantitative estimate of drug-likeness (QED) is 0.816. The molecule has 1 N–H and O–H groups in total. The van der Waals surface area contributed by atoms with E-state index in [0.717, 1.165) is 18.1 Å². The molecule has 1 fully saturated rings. The highest BCUT2D eigenvalue weighted by Crippen LogP contribution is 2.33. The highest BCUT2D eigenvalue weighted by atomic mass is 35.5. The Kier molecular flexibility index (Phi) is 4.70. The van der Waals surface area contributed by atoms with Crippen molar-refractivity contribution in [3.63, 3.8) is 0 Å². The molecule has 2 atom stereocenters. The molecule has 0 aliphatic heterocycles. The third kappa shape index (κ3) is 3.34. The van der Waals surface area contributed by atoms with Crippen LogP contribution in [0.5, 0.6) is 0 Å². The van der Waals surface area contributed by atoms with Gasteiger partial charge in [0.15, 0.2) is 0 Å². The Morgan fingerprint density at radius 2 is 2.06 bits per heavy atom. The molecular formula is C11H13Cl3N2S. The first-order valence-electron chi connectivity index (χ1n) is 5.41. The zero-order valence-corrected chi connectivity index (χ0v) is 12.4. The summed E-state index contributed by atoms with van der Waals surface area (Å²) in [7, 11) is 0. The van der Waals surface area contributed by atoms with Crippen LogP contribution in [-0.2, 0) is 0 Å². The molecule has 1 aliphatic rings. The maximum atomic E-state index is 6.08. The molecule has 1 aromatic rings. The van der Waals surface area contributed by atoms with E-state index in [2.05, 4.69) is 16.6 Å². The van der Waals surface area contributed by atoms with E-state index in [0.29, 0.717) is 21.9 Å². The Morgan fingerprint density at radius 1 is 1.29 bits per heavy atom. The SMILES string of the molecule is CSC1CCC(Nc2nc(Cl)c(Cl)cc2Cl)C1. The predicted molar refractivity (Wildman–Crippen MR) is 77.8 cm³/mol. The number of halogens is 3. The van der Waals surface area contributed by atoms with Crippen molar-refractivity contribution in [2.75, 3.05) is 11.6 Å². The zero-order valence-electron chi connectivity index (χ0n) is 9.34. The van der Waals surface area contributed by atoms with E-state index >= 15 is 0 Å². The fourth-order valence-corrected chi connectivity index (χ4v) is 3.37. The molecule has 1 aromatic heterocycles. The van der Waals surface area contributed by atoms with E-state index in [1.54, 1.807) is 6.07 Å². The van der Waals surface area contributed by atoms with Crippen LogP contribution >= 0.6 is 46.6 Å². The van der Waals surface area contributed by atoms with Gasteiger partial charge >= 0.3 is 0 Å². The molecule has 17 heavy (non-hydrogen) atoms. The minimum atomic E-state index is 0.290. The molecule has 0 amide bonds. The number of hydrogen-bond acceptors (Lipinski definition) is 3. The number of thioether (sulfide) groups is 1. The summed E-state index contributed by atoms with van der Waals surface area (Å²) in [5.41, 5.74) is 0. The third-order valence-electron chi connectivity index (χ3n) is 2.95. The summed E-state index contributed by atoms with van der Waals surface area (Å²) in [6.07, 6.45) is 5.67. The van der Waals surface area contributed by atoms with Crippen LogP contribution in [0.1, 0.15) is 19.3 Å². The van der Waals surface area contributed by atoms with Gasteiger partial charge in [0.25, 0.3) is 0 Å². The van der Waals surface area contributed by atoms with E-state index in [-0.39, 0.29) is 5.15 Å². The lowest BCUT2D eigenvalue weighted by Crippen LogP contribution is -2.17. The van der Waals surface area contributed by atoms with Crippen molar-refractivity contribution >= 4 is 52.4 Å². The first kappa shape index (κ1) is 13.6. The summed E-state index contributed by atoms with van der Waals surface area (Å²) >= 11 is 19.7. The largest absolute Gasteiger partial charge is 0.366 e. The smallest absolute Gasteiger partial charge is 0.150 e. The van der Waals surface area contributed by atoms with Crippen molar-refractivity contribution in [3.8, 4) is 0 Å². The summed E-state index contributed by atoms with van der Waals surface area (Å²) in [6.45, 7) is 0. The molecule has 0 radical (unpaired) electrons. The Morgan fingerprint density at radius 3 is 2.71 bits per heavy atom. The average Bonchev–Trinajstić information content (AvgIpc) is 2.73. The van der Waals surface area contributed by atoms with E-state index in [4.69, 9.17) is 34.8 Å². The van der Waals surface area contributed by atoms with Gasteiger partial charge in [0.1, 0.15) is 11.0 Å². The molecule has 2 unspecified atom stereocenters. The van der Waals surface area contributed by atoms with Gasteiger partial charge in [-0.25, -0.2) is 4.98 Å². The lowest BCUT2D eigenvalue weighted by Gasteiger charge is -2.15. The predicted octanol–water partition coefficient (Wildman–Crippen LogP) is 4.74. The summed E-state index contributed by atoms with van der Waals surface area (Å²) in [6, 6.07) is 2.05. The molecule has 0 bridgehead atoms. The molecule has 0 spiro atoms. The summed E-state index contributed by atoms with van der Waals surface area (Å²) in [4.78, 5) is 4.17. The maximum Gasteiger partial charge on any atom is 0.150 e. The van der Waals surface area contributed by atoms with Crippen LogP contribution in [0.3, 0.4) is 0 Å². The number of anilines is 1. The van der Waals surface area contributed by atoms with Crippen molar-refractivity contribution in [1.82, 2.24) is 4.98 Å². The lowest BCUT2D eigenvalue weighted by atomic mass is 10.2. The molecule has 1 aliphatic carbocycles. The van der Waals surface area contributed by atoms with Crippen LogP contribution in [-0.4, -0.2) is 22.5 Å². The monoisotopic (exact) mass is 310 g/mol. The molecule has 94 valence electrons. The molecule has 2 nitrogen and oxygen atoms in total. The average molecular weight is 312 g/mol. The van der Waals surface area contributed by atoms with Crippen molar-refractivity contribution in [2.45, 2.75) is 30.6 Å². The summed E-state index contributed by atoms with van der Waals surface area (Å²) in [5.74, 6) is 0.632. The topological polar surface area (TPSA) is 24.9 Å². The Labute approximate surface area is 120 Å². The number of aromatic nitrogens is 1. The van der Waals surface area contributed by atoms with Crippen molar-refractivity contribution < 1.29 is 0 Å². The van der Waals surface area contributed by atoms with Gasteiger partial charge in [-0.1, -0.05) is 34.8 Å². The van der Waals surface area contributed by atoms with E-state index in [1.807, 2.05) is 11.8 Å². The zero-order chi connectivity index (χ0) is 12.4. The Bertz CT molecular complexity index is 414. The van der Waals surface area contributed by atoms with Gasteiger partial charge in [-0.2, -0.15) is 11.8 Å². The highest BCUT2D eigenvalue weighted by Gasteiger charge is 2.24. The number of pyridine rings is 1. The van der Waals surface area contributed by atoms with Gasteiger partial charge in [-0.05, 0) is 31.6 Å². The fourth-order valence-electron chi connectivity index (χ4n) is 2.02. The van der Waals surface area contributed by atoms with Crippen LogP contribution in [0.2, 0.25) is 15.2 Å². The molecule has 6 heteroatoms. The number of nitrogens with zero attached hydrogens (tertiary/aromatic N) is 1. The first-order valence-corrected chi connectivity index (χ1v) is 7.83. The van der Waals surface area contributed by atoms with Crippen molar-refractivity contribution in [1.29, 1.82) is 0 Å². The molecule has 1 saturated carbocycles. The standard InChI is InChI=1S/C11H13Cl3N2S/c1-17-7-3-2-6(4-7)15-11-9(13)5-8(12)10(14)16-11/h5-7H,2-4H2,1H3,(H,15,16). The van der Waals surface area contributed by atoms with E-state index in [9.17, 15) is 0 Å². The van der Waals surface area contributed by atoms with Crippen LogP contribution in [0, 0.1) is 0 Å². The molecule has 2 rings (SSSR count). The van der Waals surface area contributed by atoms with Gasteiger partial charge in [0.05, 0.1) is 10.0 Å².